The van der Waals surface area contributed by atoms with Gasteiger partial charge in [0, 0.05) is 4.47 Å². The van der Waals surface area contributed by atoms with Crippen molar-refractivity contribution in [1.29, 1.82) is 0 Å². The molecule has 0 radical (unpaired) electrons. The topological polar surface area (TPSA) is 112 Å². The van der Waals surface area contributed by atoms with Gasteiger partial charge in [-0.1, -0.05) is 22.0 Å². The summed E-state index contributed by atoms with van der Waals surface area (Å²) in [5.74, 6) is -2.60. The molecule has 2 aromatic rings. The lowest BCUT2D eigenvalue weighted by Crippen LogP contribution is -2.43. The van der Waals surface area contributed by atoms with E-state index in [4.69, 9.17) is 5.11 Å². The van der Waals surface area contributed by atoms with E-state index in [9.17, 15) is 23.1 Å². The standard InChI is InChI=1S/C16H14BrNO6S/c1-10(15(19)20)18(13-4-2-3-11(9-13)16(21)22)25(23,24)14-7-5-12(17)6-8-14/h2-10H,1H3,(H,19,20)(H,21,22). The molecule has 0 aliphatic heterocycles. The minimum absolute atomic E-state index is 0.0438. The maximum Gasteiger partial charge on any atom is 0.335 e. The lowest BCUT2D eigenvalue weighted by molar-refractivity contribution is -0.137. The van der Waals surface area contributed by atoms with Crippen LogP contribution in [0.4, 0.5) is 5.69 Å². The fourth-order valence-electron chi connectivity index (χ4n) is 2.17. The Kier molecular flexibility index (Phi) is 5.48. The van der Waals surface area contributed by atoms with E-state index in [0.29, 0.717) is 8.78 Å². The molecule has 2 rings (SSSR count). The Bertz CT molecular complexity index is 910. The molecule has 7 nitrogen and oxygen atoms in total. The molecule has 0 aliphatic rings. The number of rotatable bonds is 6. The molecule has 0 saturated heterocycles. The molecule has 0 heterocycles. The van der Waals surface area contributed by atoms with E-state index in [1.54, 1.807) is 0 Å². The fourth-order valence-corrected chi connectivity index (χ4v) is 4.04. The summed E-state index contributed by atoms with van der Waals surface area (Å²) < 4.78 is 27.3. The lowest BCUT2D eigenvalue weighted by atomic mass is 10.2. The van der Waals surface area contributed by atoms with Crippen molar-refractivity contribution in [3.63, 3.8) is 0 Å². The van der Waals surface area contributed by atoms with E-state index < -0.39 is 28.0 Å². The van der Waals surface area contributed by atoms with Crippen LogP contribution in [0.15, 0.2) is 57.9 Å². The number of hydrogen-bond donors (Lipinski definition) is 2. The third-order valence-electron chi connectivity index (χ3n) is 3.43. The second-order valence-electron chi connectivity index (χ2n) is 5.12. The summed E-state index contributed by atoms with van der Waals surface area (Å²) in [6.45, 7) is 1.21. The van der Waals surface area contributed by atoms with E-state index >= 15 is 0 Å². The summed E-state index contributed by atoms with van der Waals surface area (Å²) in [5, 5.41) is 18.4. The van der Waals surface area contributed by atoms with Gasteiger partial charge in [0.15, 0.2) is 0 Å². The molecule has 1 unspecified atom stereocenters. The summed E-state index contributed by atoms with van der Waals surface area (Å²) in [6, 6.07) is 9.40. The van der Waals surface area contributed by atoms with Gasteiger partial charge in [-0.05, 0) is 49.4 Å². The van der Waals surface area contributed by atoms with Crippen LogP contribution in [0.2, 0.25) is 0 Å². The summed E-state index contributed by atoms with van der Waals surface area (Å²) in [7, 11) is -4.22. The number of anilines is 1. The minimum Gasteiger partial charge on any atom is -0.480 e. The Hall–Kier alpha value is -2.39. The Labute approximate surface area is 152 Å². The van der Waals surface area contributed by atoms with Gasteiger partial charge in [0.2, 0.25) is 0 Å². The maximum atomic E-state index is 13.0. The highest BCUT2D eigenvalue weighted by Gasteiger charge is 2.33. The Morgan fingerprint density at radius 3 is 2.20 bits per heavy atom. The van der Waals surface area contributed by atoms with E-state index in [1.807, 2.05) is 0 Å². The minimum atomic E-state index is -4.22. The quantitative estimate of drug-likeness (QED) is 0.732. The van der Waals surface area contributed by atoms with E-state index in [1.165, 1.54) is 49.4 Å². The van der Waals surface area contributed by atoms with Crippen LogP contribution in [0.5, 0.6) is 0 Å². The highest BCUT2D eigenvalue weighted by molar-refractivity contribution is 9.10. The highest BCUT2D eigenvalue weighted by Crippen LogP contribution is 2.28. The molecule has 0 amide bonds. The molecular formula is C16H14BrNO6S. The van der Waals surface area contributed by atoms with Crippen LogP contribution in [0.25, 0.3) is 0 Å². The first-order valence-corrected chi connectivity index (χ1v) is 9.24. The Morgan fingerprint density at radius 1 is 1.08 bits per heavy atom. The van der Waals surface area contributed by atoms with Gasteiger partial charge in [-0.2, -0.15) is 0 Å². The number of carboxylic acid groups (broad SMARTS) is 2. The van der Waals surface area contributed by atoms with Gasteiger partial charge < -0.3 is 10.2 Å². The van der Waals surface area contributed by atoms with Crippen molar-refractivity contribution in [2.75, 3.05) is 4.31 Å². The first kappa shape index (κ1) is 18.9. The first-order chi connectivity index (χ1) is 11.6. The van der Waals surface area contributed by atoms with Crippen LogP contribution in [0, 0.1) is 0 Å². The molecule has 0 aliphatic carbocycles. The maximum absolute atomic E-state index is 13.0. The van der Waals surface area contributed by atoms with Crippen LogP contribution in [-0.2, 0) is 14.8 Å². The van der Waals surface area contributed by atoms with Crippen molar-refractivity contribution in [3.8, 4) is 0 Å². The van der Waals surface area contributed by atoms with Gasteiger partial charge in [0.25, 0.3) is 10.0 Å². The lowest BCUT2D eigenvalue weighted by Gasteiger charge is -2.28. The van der Waals surface area contributed by atoms with Gasteiger partial charge in [0.05, 0.1) is 16.1 Å². The monoisotopic (exact) mass is 427 g/mol. The van der Waals surface area contributed by atoms with Crippen molar-refractivity contribution < 1.29 is 28.2 Å². The average molecular weight is 428 g/mol. The zero-order valence-corrected chi connectivity index (χ0v) is 15.4. The first-order valence-electron chi connectivity index (χ1n) is 7.01. The van der Waals surface area contributed by atoms with Crippen LogP contribution >= 0.6 is 15.9 Å². The van der Waals surface area contributed by atoms with Crippen molar-refractivity contribution >= 4 is 43.6 Å². The molecule has 1 atom stereocenters. The summed E-state index contributed by atoms with van der Waals surface area (Å²) in [5.41, 5.74) is -0.191. The molecular weight excluding hydrogens is 414 g/mol. The molecule has 0 bridgehead atoms. The molecule has 0 spiro atoms. The Balaban J connectivity index is 2.64. The number of halogens is 1. The molecule has 0 saturated carbocycles. The van der Waals surface area contributed by atoms with Gasteiger partial charge in [-0.3, -0.25) is 4.31 Å². The smallest absolute Gasteiger partial charge is 0.335 e. The van der Waals surface area contributed by atoms with Gasteiger partial charge >= 0.3 is 11.9 Å². The van der Waals surface area contributed by atoms with Crippen molar-refractivity contribution in [3.05, 3.63) is 58.6 Å². The number of aromatic carboxylic acids is 1. The van der Waals surface area contributed by atoms with Crippen LogP contribution < -0.4 is 4.31 Å². The Morgan fingerprint density at radius 2 is 1.68 bits per heavy atom. The summed E-state index contributed by atoms with van der Waals surface area (Å²) in [6.07, 6.45) is 0. The normalized spacial score (nSPS) is 12.4. The largest absolute Gasteiger partial charge is 0.480 e. The zero-order chi connectivity index (χ0) is 18.8. The number of sulfonamides is 1. The van der Waals surface area contributed by atoms with Crippen LogP contribution in [0.1, 0.15) is 17.3 Å². The molecule has 9 heteroatoms. The van der Waals surface area contributed by atoms with E-state index in [-0.39, 0.29) is 16.1 Å². The van der Waals surface area contributed by atoms with Gasteiger partial charge in [-0.15, -0.1) is 0 Å². The number of hydrogen-bond acceptors (Lipinski definition) is 4. The van der Waals surface area contributed by atoms with E-state index in [0.717, 1.165) is 6.07 Å². The predicted molar refractivity (Wildman–Crippen MR) is 94.3 cm³/mol. The molecule has 0 aromatic heterocycles. The summed E-state index contributed by atoms with van der Waals surface area (Å²) in [4.78, 5) is 22.5. The van der Waals surface area contributed by atoms with Crippen molar-refractivity contribution in [2.45, 2.75) is 17.9 Å². The second kappa shape index (κ2) is 7.24. The van der Waals surface area contributed by atoms with E-state index in [2.05, 4.69) is 15.9 Å². The molecule has 2 aromatic carbocycles. The fraction of sp³-hybridized carbons (Fsp3) is 0.125. The van der Waals surface area contributed by atoms with Crippen LogP contribution in [0.3, 0.4) is 0 Å². The summed E-state index contributed by atoms with van der Waals surface area (Å²) >= 11 is 3.20. The van der Waals surface area contributed by atoms with Crippen molar-refractivity contribution in [2.24, 2.45) is 0 Å². The average Bonchev–Trinajstić information content (AvgIpc) is 2.55. The predicted octanol–water partition coefficient (Wildman–Crippen LogP) is 2.82. The third-order valence-corrected chi connectivity index (χ3v) is 5.87. The molecule has 0 fully saturated rings. The van der Waals surface area contributed by atoms with Gasteiger partial charge in [-0.25, -0.2) is 18.0 Å². The van der Waals surface area contributed by atoms with Crippen LogP contribution in [-0.4, -0.2) is 36.6 Å². The second-order valence-corrected chi connectivity index (χ2v) is 7.86. The highest BCUT2D eigenvalue weighted by atomic mass is 79.9. The van der Waals surface area contributed by atoms with Gasteiger partial charge in [0.1, 0.15) is 6.04 Å². The molecule has 2 N–H and O–H groups in total. The number of carbonyl (C=O) groups is 2. The molecule has 132 valence electrons. The molecule has 25 heavy (non-hydrogen) atoms. The number of aliphatic carboxylic acids is 1. The van der Waals surface area contributed by atoms with Crippen molar-refractivity contribution in [1.82, 2.24) is 0 Å². The number of carboxylic acids is 2. The SMILES string of the molecule is CC(C(=O)O)N(c1cccc(C(=O)O)c1)S(=O)(=O)c1ccc(Br)cc1. The zero-order valence-electron chi connectivity index (χ0n) is 13.0. The third kappa shape index (κ3) is 3.99. The number of benzene rings is 2. The number of nitrogens with zero attached hydrogens (tertiary/aromatic N) is 1.